The number of carbonyl (C=O) groups excluding carboxylic acids is 2. The van der Waals surface area contributed by atoms with E-state index in [9.17, 15) is 33.9 Å². The van der Waals surface area contributed by atoms with Gasteiger partial charge in [-0.2, -0.15) is 0 Å². The highest BCUT2D eigenvalue weighted by Gasteiger charge is 2.36. The number of benzene rings is 5. The van der Waals surface area contributed by atoms with E-state index in [1.807, 2.05) is 97.1 Å². The lowest BCUT2D eigenvalue weighted by molar-refractivity contribution is -0.148. The summed E-state index contributed by atoms with van der Waals surface area (Å²) >= 11 is 0. The summed E-state index contributed by atoms with van der Waals surface area (Å²) in [6.07, 6.45) is 2.21. The van der Waals surface area contributed by atoms with Gasteiger partial charge in [0.15, 0.2) is 23.0 Å². The van der Waals surface area contributed by atoms with E-state index in [0.717, 1.165) is 80.8 Å². The average molecular weight is 1220 g/mol. The number of aromatic nitrogens is 3. The van der Waals surface area contributed by atoms with Gasteiger partial charge in [0.1, 0.15) is 50.0 Å². The first-order chi connectivity index (χ1) is 43.3. The van der Waals surface area contributed by atoms with Crippen LogP contribution in [0.5, 0.6) is 40.2 Å². The molecule has 3 N–H and O–H groups in total. The topological polar surface area (TPSA) is 242 Å². The summed E-state index contributed by atoms with van der Waals surface area (Å²) in [5.41, 5.74) is 4.13. The van der Waals surface area contributed by atoms with Crippen LogP contribution < -0.4 is 60.5 Å². The number of nitrogens with one attached hydrogen (secondary N) is 2. The number of nitrogens with zero attached hydrogens (tertiary/aromatic N) is 5. The molecule has 0 radical (unpaired) electrons. The van der Waals surface area contributed by atoms with Crippen molar-refractivity contribution < 1.29 is 57.4 Å². The summed E-state index contributed by atoms with van der Waals surface area (Å²) in [5.74, 6) is 3.17. The normalized spacial score (nSPS) is 18.0. The number of aliphatic carboxylic acids is 1. The van der Waals surface area contributed by atoms with E-state index < -0.39 is 11.9 Å². The number of likely N-dealkylation sites (tertiary alicyclic amines) is 2. The molecule has 0 saturated carbocycles. The van der Waals surface area contributed by atoms with Gasteiger partial charge in [0.2, 0.25) is 0 Å². The molecule has 7 heterocycles. The molecular formula is C67H75N7O15. The third kappa shape index (κ3) is 15.4. The Morgan fingerprint density at radius 1 is 0.506 bits per heavy atom. The van der Waals surface area contributed by atoms with Crippen LogP contribution in [0.3, 0.4) is 0 Å². The fourth-order valence-electron chi connectivity index (χ4n) is 11.9. The predicted molar refractivity (Wildman–Crippen MR) is 335 cm³/mol. The molecule has 2 fully saturated rings. The maximum atomic E-state index is 12.7. The van der Waals surface area contributed by atoms with E-state index in [1.54, 1.807) is 54.7 Å². The summed E-state index contributed by atoms with van der Waals surface area (Å²) in [7, 11) is 6.21. The summed E-state index contributed by atoms with van der Waals surface area (Å²) in [4.78, 5) is 76.6. The molecule has 12 rings (SSSR count). The van der Waals surface area contributed by atoms with Crippen LogP contribution in [0.2, 0.25) is 0 Å². The van der Waals surface area contributed by atoms with Crippen LogP contribution in [0, 0.1) is 11.8 Å². The van der Waals surface area contributed by atoms with E-state index in [2.05, 4.69) is 20.4 Å². The zero-order valence-electron chi connectivity index (χ0n) is 50.4. The smallest absolute Gasteiger partial charge is 0.311 e. The molecule has 2 saturated heterocycles. The number of piperidine rings is 2. The van der Waals surface area contributed by atoms with Crippen molar-refractivity contribution in [2.45, 2.75) is 57.6 Å². The molecule has 5 aromatic carbocycles. The molecule has 8 aromatic rings. The number of carboxylic acids is 1. The van der Waals surface area contributed by atoms with Crippen LogP contribution in [0.1, 0.15) is 24.0 Å². The van der Waals surface area contributed by atoms with E-state index in [-0.39, 0.29) is 47.2 Å². The average Bonchev–Trinajstić information content (AvgIpc) is 3.01. The highest BCUT2D eigenvalue weighted by molar-refractivity contribution is 5.82. The van der Waals surface area contributed by atoms with Gasteiger partial charge in [-0.15, -0.1) is 0 Å². The largest absolute Gasteiger partial charge is 0.497 e. The summed E-state index contributed by atoms with van der Waals surface area (Å²) in [6.45, 7) is 8.22. The number of pyridine rings is 3. The third-order valence-corrected chi connectivity index (χ3v) is 16.7. The Bertz CT molecular complexity index is 4000. The van der Waals surface area contributed by atoms with Crippen molar-refractivity contribution in [2.75, 3.05) is 94.1 Å². The Morgan fingerprint density at radius 3 is 1.31 bits per heavy atom. The Morgan fingerprint density at radius 2 is 0.899 bits per heavy atom. The Labute approximate surface area is 513 Å². The number of ether oxygens (including phenoxy) is 8. The highest BCUT2D eigenvalue weighted by Crippen LogP contribution is 2.33. The Kier molecular flexibility index (Phi) is 20.9. The second-order valence-corrected chi connectivity index (χ2v) is 22.1. The molecule has 4 aliphatic rings. The molecule has 3 aromatic heterocycles. The van der Waals surface area contributed by atoms with Gasteiger partial charge < -0.3 is 81.9 Å². The zero-order chi connectivity index (χ0) is 62.4. The number of aldehydes is 1. The number of esters is 1. The number of rotatable bonds is 19. The van der Waals surface area contributed by atoms with Crippen LogP contribution in [-0.4, -0.2) is 153 Å². The highest BCUT2D eigenvalue weighted by atomic mass is 16.6. The number of methoxy groups -OCH3 is 4. The molecule has 22 nitrogen and oxygen atoms in total. The number of hydrogen-bond acceptors (Lipinski definition) is 18. The van der Waals surface area contributed by atoms with E-state index in [4.69, 9.17) is 37.9 Å². The Hall–Kier alpha value is -9.22. The Balaban J connectivity index is 0.000000158. The quantitative estimate of drug-likeness (QED) is 0.0622. The molecule has 0 spiro atoms. The fraction of sp³-hybridized carbons (Fsp3) is 0.373. The maximum absolute atomic E-state index is 12.7. The first-order valence-electron chi connectivity index (χ1n) is 29.8. The molecule has 89 heavy (non-hydrogen) atoms. The second-order valence-electron chi connectivity index (χ2n) is 22.1. The van der Waals surface area contributed by atoms with Crippen molar-refractivity contribution >= 4 is 50.9 Å². The van der Waals surface area contributed by atoms with E-state index in [1.165, 1.54) is 17.7 Å². The van der Waals surface area contributed by atoms with Gasteiger partial charge in [0, 0.05) is 101 Å². The molecule has 22 heteroatoms. The zero-order valence-corrected chi connectivity index (χ0v) is 50.4. The molecular weight excluding hydrogens is 1140 g/mol. The lowest BCUT2D eigenvalue weighted by Gasteiger charge is -2.37. The summed E-state index contributed by atoms with van der Waals surface area (Å²) in [5, 5.41) is 19.8. The number of fused-ring (bicyclic) bond motifs is 5. The number of carbonyl (C=O) groups is 3. The standard InChI is InChI=1S/C28H33N3O6.C27H31N3O6.C12H11NO3/c1-34-21-6-4-20-5-8-27(32)31(24(20)16-21)12-11-30-10-9-23(22(18-30)28(33)35-2)29-17-19-3-7-25-26(15-19)37-14-13-36-25;1-34-20-5-3-19-4-7-26(31)30(23(19)15-20)11-10-29-9-8-22(21(17-29)27(32)33)28-16-18-2-6-24-25(14-18)36-13-12-35-24;1-16-10-4-2-9-3-5-12(15)13(6-7-14)11(9)8-10/h3-8,15-16,22-23,29H,9-14,17-18H2,1-2H3;2-7,14-15,21-22,28H,8-13,16-17H2,1H3,(H,32,33);2-5,7-8H,6H2,1H3. The monoisotopic (exact) mass is 1220 g/mol. The van der Waals surface area contributed by atoms with Gasteiger partial charge in [-0.05, 0) is 132 Å². The van der Waals surface area contributed by atoms with Crippen LogP contribution in [0.25, 0.3) is 32.7 Å². The summed E-state index contributed by atoms with van der Waals surface area (Å²) in [6, 6.07) is 38.4. The molecule has 4 aliphatic heterocycles. The SMILES string of the molecule is COC(=O)C1CN(CCn2c(=O)ccc3ccc(OC)cc32)CCC1NCc1ccc2c(c1)OCCO2.COc1ccc2ccc(=O)n(CC=O)c2c1.COc1ccc2ccc(=O)n(CCN3CCC(NCc4ccc5c(c4)OCCO5)C(C(=O)O)C3)c2c1. The van der Waals surface area contributed by atoms with E-state index in [0.29, 0.717) is 114 Å². The van der Waals surface area contributed by atoms with Crippen LogP contribution >= 0.6 is 0 Å². The number of hydrogen-bond donors (Lipinski definition) is 3. The number of carboxylic acid groups (broad SMARTS) is 1. The maximum Gasteiger partial charge on any atom is 0.311 e. The molecule has 4 unspecified atom stereocenters. The minimum atomic E-state index is -0.813. The van der Waals surface area contributed by atoms with Crippen molar-refractivity contribution in [3.05, 3.63) is 170 Å². The lowest BCUT2D eigenvalue weighted by atomic mass is 9.91. The van der Waals surface area contributed by atoms with Crippen molar-refractivity contribution in [1.29, 1.82) is 0 Å². The predicted octanol–water partition coefficient (Wildman–Crippen LogP) is 5.99. The molecule has 0 amide bonds. The van der Waals surface area contributed by atoms with Crippen molar-refractivity contribution in [3.8, 4) is 40.2 Å². The molecule has 468 valence electrons. The van der Waals surface area contributed by atoms with Crippen LogP contribution in [0.15, 0.2) is 142 Å². The van der Waals surface area contributed by atoms with Crippen molar-refractivity contribution in [1.82, 2.24) is 34.1 Å². The van der Waals surface area contributed by atoms with Crippen molar-refractivity contribution in [3.63, 3.8) is 0 Å². The van der Waals surface area contributed by atoms with Gasteiger partial charge in [-0.25, -0.2) is 0 Å². The van der Waals surface area contributed by atoms with Gasteiger partial charge in [-0.1, -0.05) is 12.1 Å². The van der Waals surface area contributed by atoms with Gasteiger partial charge in [0.25, 0.3) is 16.7 Å². The van der Waals surface area contributed by atoms with E-state index >= 15 is 0 Å². The van der Waals surface area contributed by atoms with Crippen molar-refractivity contribution in [2.24, 2.45) is 11.8 Å². The third-order valence-electron chi connectivity index (χ3n) is 16.7. The van der Waals surface area contributed by atoms with Gasteiger partial charge in [0.05, 0.1) is 63.4 Å². The first kappa shape index (κ1) is 62.8. The molecule has 0 bridgehead atoms. The molecule has 4 atom stereocenters. The van der Waals surface area contributed by atoms with Gasteiger partial charge in [-0.3, -0.25) is 24.0 Å². The first-order valence-corrected chi connectivity index (χ1v) is 29.8. The van der Waals surface area contributed by atoms with Gasteiger partial charge >= 0.3 is 11.9 Å². The minimum absolute atomic E-state index is 0.0126. The van der Waals surface area contributed by atoms with Crippen LogP contribution in [0.4, 0.5) is 0 Å². The summed E-state index contributed by atoms with van der Waals surface area (Å²) < 4.78 is 48.4. The molecule has 0 aliphatic carbocycles. The lowest BCUT2D eigenvalue weighted by Crippen LogP contribution is -2.53. The fourth-order valence-corrected chi connectivity index (χ4v) is 11.9. The van der Waals surface area contributed by atoms with Crippen LogP contribution in [-0.2, 0) is 51.8 Å². The minimum Gasteiger partial charge on any atom is -0.497 e. The second kappa shape index (κ2) is 29.7.